The summed E-state index contributed by atoms with van der Waals surface area (Å²) in [6.07, 6.45) is 5.26. The molecule has 0 bridgehead atoms. The summed E-state index contributed by atoms with van der Waals surface area (Å²) in [4.78, 5) is 7.26. The summed E-state index contributed by atoms with van der Waals surface area (Å²) in [7, 11) is 0. The number of benzene rings is 1. The zero-order valence-electron chi connectivity index (χ0n) is 9.01. The lowest BCUT2D eigenvalue weighted by Crippen LogP contribution is -1.87. The van der Waals surface area contributed by atoms with Gasteiger partial charge in [0, 0.05) is 23.5 Å². The van der Waals surface area contributed by atoms with Gasteiger partial charge in [0.25, 0.3) is 0 Å². The van der Waals surface area contributed by atoms with E-state index < -0.39 is 0 Å². The highest BCUT2D eigenvalue weighted by Crippen LogP contribution is 2.25. The van der Waals surface area contributed by atoms with Gasteiger partial charge < -0.3 is 10.7 Å². The van der Waals surface area contributed by atoms with Gasteiger partial charge >= 0.3 is 0 Å². The highest BCUT2D eigenvalue weighted by Gasteiger charge is 2.05. The summed E-state index contributed by atoms with van der Waals surface area (Å²) in [6.45, 7) is 0. The number of nitrogens with two attached hydrogens (primary N) is 1. The molecule has 2 heterocycles. The third-order valence-electron chi connectivity index (χ3n) is 2.64. The van der Waals surface area contributed by atoms with Crippen LogP contribution in [-0.2, 0) is 0 Å². The number of H-pyrrole nitrogens is 2. The van der Waals surface area contributed by atoms with Crippen LogP contribution >= 0.6 is 0 Å². The maximum absolute atomic E-state index is 5.77. The molecule has 1 aromatic carbocycles. The predicted octanol–water partition coefficient (Wildman–Crippen LogP) is 2.05. The molecular formula is C12H11N5. The summed E-state index contributed by atoms with van der Waals surface area (Å²) < 4.78 is 0. The van der Waals surface area contributed by atoms with Gasteiger partial charge in [0.2, 0.25) is 0 Å². The standard InChI is InChI=1S/C12H11N5/c13-11-10(7-16-17-11)8-1-3-9(4-2-8)12-14-5-6-15-12/h1-7H,(H,14,15)(H3,13,16,17). The first-order chi connectivity index (χ1) is 8.34. The molecule has 0 saturated heterocycles. The summed E-state index contributed by atoms with van der Waals surface area (Å²) >= 11 is 0. The molecule has 0 atom stereocenters. The molecule has 0 fully saturated rings. The van der Waals surface area contributed by atoms with Crippen LogP contribution in [0, 0.1) is 0 Å². The van der Waals surface area contributed by atoms with Crippen molar-refractivity contribution in [3.8, 4) is 22.5 Å². The highest BCUT2D eigenvalue weighted by molar-refractivity contribution is 5.74. The summed E-state index contributed by atoms with van der Waals surface area (Å²) in [5.74, 6) is 1.44. The molecule has 0 radical (unpaired) electrons. The summed E-state index contributed by atoms with van der Waals surface area (Å²) in [5, 5.41) is 6.62. The number of imidazole rings is 1. The van der Waals surface area contributed by atoms with Gasteiger partial charge in [-0.2, -0.15) is 5.10 Å². The second-order valence-corrected chi connectivity index (χ2v) is 3.71. The Morgan fingerprint density at radius 1 is 1.06 bits per heavy atom. The largest absolute Gasteiger partial charge is 0.384 e. The summed E-state index contributed by atoms with van der Waals surface area (Å²) in [6, 6.07) is 8.00. The third kappa shape index (κ3) is 1.67. The van der Waals surface area contributed by atoms with Crippen LogP contribution in [0.25, 0.3) is 22.5 Å². The molecule has 84 valence electrons. The Balaban J connectivity index is 1.99. The first-order valence-electron chi connectivity index (χ1n) is 5.23. The first kappa shape index (κ1) is 9.65. The molecule has 5 nitrogen and oxygen atoms in total. The van der Waals surface area contributed by atoms with Crippen LogP contribution in [0.5, 0.6) is 0 Å². The number of aromatic amines is 2. The maximum atomic E-state index is 5.77. The number of hydrogen-bond acceptors (Lipinski definition) is 3. The molecule has 4 N–H and O–H groups in total. The Morgan fingerprint density at radius 2 is 1.82 bits per heavy atom. The van der Waals surface area contributed by atoms with Gasteiger partial charge in [0.15, 0.2) is 0 Å². The zero-order chi connectivity index (χ0) is 11.7. The van der Waals surface area contributed by atoms with E-state index in [0.29, 0.717) is 5.82 Å². The number of nitrogens with zero attached hydrogens (tertiary/aromatic N) is 2. The first-order valence-corrected chi connectivity index (χ1v) is 5.23. The van der Waals surface area contributed by atoms with Crippen LogP contribution in [0.3, 0.4) is 0 Å². The molecule has 2 aromatic heterocycles. The Bertz CT molecular complexity index is 607. The molecular weight excluding hydrogens is 214 g/mol. The molecule has 3 rings (SSSR count). The number of hydrogen-bond donors (Lipinski definition) is 3. The van der Waals surface area contributed by atoms with E-state index in [1.54, 1.807) is 18.6 Å². The fourth-order valence-electron chi connectivity index (χ4n) is 1.76. The monoisotopic (exact) mass is 225 g/mol. The van der Waals surface area contributed by atoms with Gasteiger partial charge in [-0.25, -0.2) is 4.98 Å². The van der Waals surface area contributed by atoms with Gasteiger partial charge in [-0.15, -0.1) is 0 Å². The molecule has 3 aromatic rings. The SMILES string of the molecule is Nc1[nH]ncc1-c1ccc(-c2ncc[nH]2)cc1. The van der Waals surface area contributed by atoms with Gasteiger partial charge in [0.1, 0.15) is 11.6 Å². The Morgan fingerprint density at radius 3 is 2.41 bits per heavy atom. The zero-order valence-corrected chi connectivity index (χ0v) is 9.01. The molecule has 0 aliphatic rings. The molecule has 0 spiro atoms. The number of nitrogen functional groups attached to an aromatic ring is 1. The van der Waals surface area contributed by atoms with Gasteiger partial charge in [-0.1, -0.05) is 24.3 Å². The van der Waals surface area contributed by atoms with Gasteiger partial charge in [-0.05, 0) is 5.56 Å². The minimum Gasteiger partial charge on any atom is -0.384 e. The van der Waals surface area contributed by atoms with Crippen molar-refractivity contribution in [2.75, 3.05) is 5.73 Å². The minimum absolute atomic E-state index is 0.579. The molecule has 0 saturated carbocycles. The van der Waals surface area contributed by atoms with Crippen molar-refractivity contribution in [1.82, 2.24) is 20.2 Å². The van der Waals surface area contributed by atoms with Crippen molar-refractivity contribution in [3.63, 3.8) is 0 Å². The quantitative estimate of drug-likeness (QED) is 0.624. The Hall–Kier alpha value is -2.56. The average molecular weight is 225 g/mol. The van der Waals surface area contributed by atoms with E-state index in [9.17, 15) is 0 Å². The fraction of sp³-hybridized carbons (Fsp3) is 0. The molecule has 0 unspecified atom stereocenters. The van der Waals surface area contributed by atoms with Gasteiger partial charge in [-0.3, -0.25) is 5.10 Å². The van der Waals surface area contributed by atoms with Crippen LogP contribution in [0.4, 0.5) is 5.82 Å². The lowest BCUT2D eigenvalue weighted by molar-refractivity contribution is 1.10. The Kier molecular flexibility index (Phi) is 2.15. The van der Waals surface area contributed by atoms with Crippen LogP contribution in [0.1, 0.15) is 0 Å². The van der Waals surface area contributed by atoms with Crippen molar-refractivity contribution >= 4 is 5.82 Å². The predicted molar refractivity (Wildman–Crippen MR) is 66.0 cm³/mol. The minimum atomic E-state index is 0.579. The van der Waals surface area contributed by atoms with Crippen LogP contribution < -0.4 is 5.73 Å². The lowest BCUT2D eigenvalue weighted by Gasteiger charge is -2.01. The molecule has 0 amide bonds. The van der Waals surface area contributed by atoms with E-state index in [-0.39, 0.29) is 0 Å². The van der Waals surface area contributed by atoms with Gasteiger partial charge in [0.05, 0.1) is 6.20 Å². The topological polar surface area (TPSA) is 83.4 Å². The van der Waals surface area contributed by atoms with Crippen molar-refractivity contribution in [1.29, 1.82) is 0 Å². The lowest BCUT2D eigenvalue weighted by atomic mass is 10.1. The molecule has 5 heteroatoms. The fourth-order valence-corrected chi connectivity index (χ4v) is 1.76. The van der Waals surface area contributed by atoms with Crippen molar-refractivity contribution in [2.24, 2.45) is 0 Å². The van der Waals surface area contributed by atoms with E-state index in [2.05, 4.69) is 20.2 Å². The smallest absolute Gasteiger partial charge is 0.137 e. The molecule has 0 aliphatic carbocycles. The normalized spacial score (nSPS) is 10.6. The number of nitrogens with one attached hydrogen (secondary N) is 2. The van der Waals surface area contributed by atoms with Crippen LogP contribution in [0.15, 0.2) is 42.9 Å². The van der Waals surface area contributed by atoms with Crippen LogP contribution in [0.2, 0.25) is 0 Å². The summed E-state index contributed by atoms with van der Waals surface area (Å²) in [5.41, 5.74) is 8.76. The number of rotatable bonds is 2. The average Bonchev–Trinajstić information content (AvgIpc) is 3.00. The van der Waals surface area contributed by atoms with E-state index >= 15 is 0 Å². The van der Waals surface area contributed by atoms with Crippen LogP contribution in [-0.4, -0.2) is 20.2 Å². The highest BCUT2D eigenvalue weighted by atomic mass is 15.1. The third-order valence-corrected chi connectivity index (χ3v) is 2.64. The second-order valence-electron chi connectivity index (χ2n) is 3.71. The number of anilines is 1. The molecule has 17 heavy (non-hydrogen) atoms. The van der Waals surface area contributed by atoms with E-state index in [0.717, 1.165) is 22.5 Å². The maximum Gasteiger partial charge on any atom is 0.137 e. The van der Waals surface area contributed by atoms with Crippen molar-refractivity contribution in [3.05, 3.63) is 42.9 Å². The molecule has 0 aliphatic heterocycles. The van der Waals surface area contributed by atoms with Crippen molar-refractivity contribution < 1.29 is 0 Å². The van der Waals surface area contributed by atoms with E-state index in [4.69, 9.17) is 5.73 Å². The Labute approximate surface area is 97.7 Å². The van der Waals surface area contributed by atoms with E-state index in [1.165, 1.54) is 0 Å². The van der Waals surface area contributed by atoms with E-state index in [1.807, 2.05) is 24.3 Å². The number of aromatic nitrogens is 4. The van der Waals surface area contributed by atoms with Crippen molar-refractivity contribution in [2.45, 2.75) is 0 Å². The second kappa shape index (κ2) is 3.79.